The molecule has 5 heteroatoms. The Hall–Kier alpha value is -2.04. The van der Waals surface area contributed by atoms with Gasteiger partial charge in [0, 0.05) is 24.5 Å². The van der Waals surface area contributed by atoms with Crippen LogP contribution in [-0.4, -0.2) is 21.3 Å². The minimum atomic E-state index is 0.553. The smallest absolute Gasteiger partial charge is 0.146 e. The zero-order chi connectivity index (χ0) is 15.2. The van der Waals surface area contributed by atoms with Crippen molar-refractivity contribution in [2.45, 2.75) is 40.3 Å². The Morgan fingerprint density at radius 3 is 2.81 bits per heavy atom. The molecule has 0 aliphatic carbocycles. The molecular weight excluding hydrogens is 262 g/mol. The third-order valence-electron chi connectivity index (χ3n) is 3.29. The molecule has 0 aliphatic rings. The van der Waals surface area contributed by atoms with E-state index < -0.39 is 0 Å². The SMILES string of the molecule is CCCN(Cc1ncnn1CC(C)C)c1cccc(N)c1. The summed E-state index contributed by atoms with van der Waals surface area (Å²) in [6.07, 6.45) is 2.72. The van der Waals surface area contributed by atoms with Gasteiger partial charge in [-0.05, 0) is 30.5 Å². The molecule has 0 saturated carbocycles. The molecule has 1 aromatic heterocycles. The van der Waals surface area contributed by atoms with Gasteiger partial charge in [-0.3, -0.25) is 0 Å². The molecule has 0 amide bonds. The average molecular weight is 287 g/mol. The second-order valence-corrected chi connectivity index (χ2v) is 5.77. The zero-order valence-electron chi connectivity index (χ0n) is 13.2. The largest absolute Gasteiger partial charge is 0.399 e. The maximum Gasteiger partial charge on any atom is 0.146 e. The van der Waals surface area contributed by atoms with Crippen molar-refractivity contribution in [2.75, 3.05) is 17.2 Å². The first-order valence-electron chi connectivity index (χ1n) is 7.57. The summed E-state index contributed by atoms with van der Waals surface area (Å²) in [5.41, 5.74) is 7.83. The minimum absolute atomic E-state index is 0.553. The van der Waals surface area contributed by atoms with Crippen LogP contribution in [0, 0.1) is 5.92 Å². The Bertz CT molecular complexity index is 561. The Morgan fingerprint density at radius 2 is 2.14 bits per heavy atom. The Morgan fingerprint density at radius 1 is 1.33 bits per heavy atom. The van der Waals surface area contributed by atoms with Crippen LogP contribution in [0.4, 0.5) is 11.4 Å². The maximum absolute atomic E-state index is 5.90. The fourth-order valence-corrected chi connectivity index (χ4v) is 2.37. The molecule has 0 saturated heterocycles. The molecule has 1 aromatic carbocycles. The number of benzene rings is 1. The number of hydrogen-bond acceptors (Lipinski definition) is 4. The van der Waals surface area contributed by atoms with Crippen molar-refractivity contribution in [3.63, 3.8) is 0 Å². The van der Waals surface area contributed by atoms with E-state index >= 15 is 0 Å². The lowest BCUT2D eigenvalue weighted by Gasteiger charge is -2.24. The van der Waals surface area contributed by atoms with Gasteiger partial charge < -0.3 is 10.6 Å². The molecule has 0 spiro atoms. The van der Waals surface area contributed by atoms with Crippen LogP contribution >= 0.6 is 0 Å². The summed E-state index contributed by atoms with van der Waals surface area (Å²) in [7, 11) is 0. The molecule has 0 fully saturated rings. The van der Waals surface area contributed by atoms with Gasteiger partial charge in [0.1, 0.15) is 12.2 Å². The monoisotopic (exact) mass is 287 g/mol. The lowest BCUT2D eigenvalue weighted by Crippen LogP contribution is -2.26. The third kappa shape index (κ3) is 4.21. The van der Waals surface area contributed by atoms with Gasteiger partial charge in [-0.15, -0.1) is 0 Å². The molecule has 0 bridgehead atoms. The Kier molecular flexibility index (Phi) is 5.20. The first-order chi connectivity index (χ1) is 10.1. The second-order valence-electron chi connectivity index (χ2n) is 5.77. The molecule has 114 valence electrons. The van der Waals surface area contributed by atoms with E-state index in [0.29, 0.717) is 5.92 Å². The van der Waals surface area contributed by atoms with Crippen molar-refractivity contribution in [3.05, 3.63) is 36.4 Å². The van der Waals surface area contributed by atoms with E-state index in [0.717, 1.165) is 43.3 Å². The van der Waals surface area contributed by atoms with Crippen molar-refractivity contribution in [3.8, 4) is 0 Å². The zero-order valence-corrected chi connectivity index (χ0v) is 13.2. The first-order valence-corrected chi connectivity index (χ1v) is 7.57. The predicted molar refractivity (Wildman–Crippen MR) is 87.1 cm³/mol. The molecular formula is C16H25N5. The molecule has 0 unspecified atom stereocenters. The van der Waals surface area contributed by atoms with Crippen LogP contribution in [-0.2, 0) is 13.1 Å². The summed E-state index contributed by atoms with van der Waals surface area (Å²) in [6, 6.07) is 8.01. The van der Waals surface area contributed by atoms with Gasteiger partial charge in [0.2, 0.25) is 0 Å². The molecule has 0 aliphatic heterocycles. The fourth-order valence-electron chi connectivity index (χ4n) is 2.37. The van der Waals surface area contributed by atoms with Crippen LogP contribution in [0.25, 0.3) is 0 Å². The number of anilines is 2. The molecule has 0 atom stereocenters. The number of aromatic nitrogens is 3. The van der Waals surface area contributed by atoms with Gasteiger partial charge in [0.25, 0.3) is 0 Å². The average Bonchev–Trinajstić information content (AvgIpc) is 2.85. The Balaban J connectivity index is 2.18. The maximum atomic E-state index is 5.90. The van der Waals surface area contributed by atoms with Crippen molar-refractivity contribution in [2.24, 2.45) is 5.92 Å². The lowest BCUT2D eigenvalue weighted by atomic mass is 10.2. The third-order valence-corrected chi connectivity index (χ3v) is 3.29. The first kappa shape index (κ1) is 15.4. The summed E-state index contributed by atoms with van der Waals surface area (Å²) in [6.45, 7) is 9.17. The lowest BCUT2D eigenvalue weighted by molar-refractivity contribution is 0.463. The van der Waals surface area contributed by atoms with Crippen LogP contribution < -0.4 is 10.6 Å². The van der Waals surface area contributed by atoms with Crippen LogP contribution in [0.15, 0.2) is 30.6 Å². The van der Waals surface area contributed by atoms with Crippen molar-refractivity contribution in [1.82, 2.24) is 14.8 Å². The highest BCUT2D eigenvalue weighted by Crippen LogP contribution is 2.20. The fraction of sp³-hybridized carbons (Fsp3) is 0.500. The quantitative estimate of drug-likeness (QED) is 0.795. The van der Waals surface area contributed by atoms with Crippen molar-refractivity contribution < 1.29 is 0 Å². The van der Waals surface area contributed by atoms with Crippen LogP contribution in [0.2, 0.25) is 0 Å². The van der Waals surface area contributed by atoms with Gasteiger partial charge in [-0.1, -0.05) is 26.8 Å². The van der Waals surface area contributed by atoms with Crippen LogP contribution in [0.5, 0.6) is 0 Å². The predicted octanol–water partition coefficient (Wildman–Crippen LogP) is 2.93. The summed E-state index contributed by atoms with van der Waals surface area (Å²) in [4.78, 5) is 6.72. The number of nitrogens with zero attached hydrogens (tertiary/aromatic N) is 4. The normalized spacial score (nSPS) is 11.0. The topological polar surface area (TPSA) is 60.0 Å². The second kappa shape index (κ2) is 7.11. The molecule has 5 nitrogen and oxygen atoms in total. The molecule has 2 aromatic rings. The molecule has 2 rings (SSSR count). The van der Waals surface area contributed by atoms with Gasteiger partial charge in [0.15, 0.2) is 0 Å². The minimum Gasteiger partial charge on any atom is -0.399 e. The van der Waals surface area contributed by atoms with E-state index in [4.69, 9.17) is 5.73 Å². The number of rotatable bonds is 7. The highest BCUT2D eigenvalue weighted by Gasteiger charge is 2.12. The molecule has 21 heavy (non-hydrogen) atoms. The molecule has 1 heterocycles. The van der Waals surface area contributed by atoms with E-state index in [-0.39, 0.29) is 0 Å². The summed E-state index contributed by atoms with van der Waals surface area (Å²) in [5.74, 6) is 1.55. The van der Waals surface area contributed by atoms with E-state index in [9.17, 15) is 0 Å². The highest BCUT2D eigenvalue weighted by atomic mass is 15.3. The van der Waals surface area contributed by atoms with E-state index in [1.807, 2.05) is 22.9 Å². The summed E-state index contributed by atoms with van der Waals surface area (Å²) in [5, 5.41) is 4.33. The molecule has 2 N–H and O–H groups in total. The van der Waals surface area contributed by atoms with E-state index in [1.54, 1.807) is 6.33 Å². The van der Waals surface area contributed by atoms with E-state index in [1.165, 1.54) is 0 Å². The standard InChI is InChI=1S/C16H25N5/c1-4-8-20(15-7-5-6-14(17)9-15)11-16-18-12-19-21(16)10-13(2)3/h5-7,9,12-13H,4,8,10-11,17H2,1-3H3. The number of nitrogen functional groups attached to an aromatic ring is 1. The summed E-state index contributed by atoms with van der Waals surface area (Å²) < 4.78 is 2.00. The van der Waals surface area contributed by atoms with Gasteiger partial charge in [0.05, 0.1) is 6.54 Å². The summed E-state index contributed by atoms with van der Waals surface area (Å²) >= 11 is 0. The van der Waals surface area contributed by atoms with E-state index in [2.05, 4.69) is 41.8 Å². The number of hydrogen-bond donors (Lipinski definition) is 1. The van der Waals surface area contributed by atoms with Crippen LogP contribution in [0.3, 0.4) is 0 Å². The van der Waals surface area contributed by atoms with Gasteiger partial charge in [-0.2, -0.15) is 5.10 Å². The highest BCUT2D eigenvalue weighted by molar-refractivity contribution is 5.55. The van der Waals surface area contributed by atoms with Crippen LogP contribution in [0.1, 0.15) is 33.0 Å². The Labute approximate surface area is 126 Å². The van der Waals surface area contributed by atoms with Crippen molar-refractivity contribution >= 4 is 11.4 Å². The number of nitrogens with two attached hydrogens (primary N) is 1. The van der Waals surface area contributed by atoms with Gasteiger partial charge in [-0.25, -0.2) is 9.67 Å². The molecule has 0 radical (unpaired) electrons. The van der Waals surface area contributed by atoms with Crippen molar-refractivity contribution in [1.29, 1.82) is 0 Å². The van der Waals surface area contributed by atoms with Gasteiger partial charge >= 0.3 is 0 Å².